The van der Waals surface area contributed by atoms with Gasteiger partial charge >= 0.3 is 0 Å². The zero-order chi connectivity index (χ0) is 13.0. The van der Waals surface area contributed by atoms with Gasteiger partial charge in [-0.15, -0.1) is 0 Å². The number of aromatic nitrogens is 1. The molecule has 0 fully saturated rings. The number of carbonyl (C=O) groups is 1. The third-order valence-electron chi connectivity index (χ3n) is 2.63. The van der Waals surface area contributed by atoms with Crippen molar-refractivity contribution in [1.82, 2.24) is 15.6 Å². The summed E-state index contributed by atoms with van der Waals surface area (Å²) in [6, 6.07) is 5.37. The van der Waals surface area contributed by atoms with Crippen molar-refractivity contribution < 1.29 is 9.21 Å². The van der Waals surface area contributed by atoms with E-state index in [0.717, 1.165) is 24.2 Å². The van der Waals surface area contributed by atoms with Crippen LogP contribution in [0, 0.1) is 6.92 Å². The number of hydrogen-bond donors (Lipinski definition) is 2. The van der Waals surface area contributed by atoms with Gasteiger partial charge in [0, 0.05) is 18.3 Å². The van der Waals surface area contributed by atoms with Gasteiger partial charge in [-0.3, -0.25) is 4.79 Å². The van der Waals surface area contributed by atoms with E-state index in [1.54, 1.807) is 6.07 Å². The molecular weight excluding hydrogens is 230 g/mol. The van der Waals surface area contributed by atoms with E-state index in [1.165, 1.54) is 0 Å². The Kier molecular flexibility index (Phi) is 3.94. The maximum absolute atomic E-state index is 11.8. The van der Waals surface area contributed by atoms with E-state index < -0.39 is 0 Å². The van der Waals surface area contributed by atoms with E-state index in [9.17, 15) is 4.79 Å². The van der Waals surface area contributed by atoms with Gasteiger partial charge in [-0.25, -0.2) is 4.98 Å². The van der Waals surface area contributed by atoms with Crippen LogP contribution in [-0.2, 0) is 0 Å². The molecule has 2 N–H and O–H groups in total. The highest BCUT2D eigenvalue weighted by Gasteiger charge is 2.12. The van der Waals surface area contributed by atoms with E-state index in [2.05, 4.69) is 15.6 Å². The SMILES string of the molecule is CNCCCNC(=O)c1cc2nc(C)ccc2o1. The van der Waals surface area contributed by atoms with Crippen molar-refractivity contribution in [1.29, 1.82) is 0 Å². The van der Waals surface area contributed by atoms with E-state index in [1.807, 2.05) is 26.1 Å². The minimum atomic E-state index is -0.193. The van der Waals surface area contributed by atoms with Gasteiger partial charge in [-0.05, 0) is 39.1 Å². The van der Waals surface area contributed by atoms with Crippen LogP contribution in [0.2, 0.25) is 0 Å². The standard InChI is InChI=1S/C13H17N3O2/c1-9-4-5-11-10(16-9)8-12(18-11)13(17)15-7-3-6-14-2/h4-5,8,14H,3,6-7H2,1-2H3,(H,15,17). The Morgan fingerprint density at radius 2 is 2.22 bits per heavy atom. The molecule has 0 radical (unpaired) electrons. The van der Waals surface area contributed by atoms with Crippen molar-refractivity contribution >= 4 is 17.0 Å². The van der Waals surface area contributed by atoms with Crippen LogP contribution >= 0.6 is 0 Å². The second-order valence-corrected chi connectivity index (χ2v) is 4.16. The third kappa shape index (κ3) is 2.87. The summed E-state index contributed by atoms with van der Waals surface area (Å²) in [6.45, 7) is 3.41. The molecule has 0 bridgehead atoms. The summed E-state index contributed by atoms with van der Waals surface area (Å²) in [5.41, 5.74) is 2.26. The Labute approximate surface area is 106 Å². The maximum atomic E-state index is 11.8. The molecule has 0 saturated heterocycles. The molecule has 96 valence electrons. The van der Waals surface area contributed by atoms with Gasteiger partial charge in [0.05, 0.1) is 0 Å². The second kappa shape index (κ2) is 5.64. The smallest absolute Gasteiger partial charge is 0.287 e. The van der Waals surface area contributed by atoms with E-state index in [-0.39, 0.29) is 5.91 Å². The number of nitrogens with one attached hydrogen (secondary N) is 2. The number of nitrogens with zero attached hydrogens (tertiary/aromatic N) is 1. The van der Waals surface area contributed by atoms with Crippen LogP contribution < -0.4 is 10.6 Å². The Hall–Kier alpha value is -1.88. The van der Waals surface area contributed by atoms with Crippen molar-refractivity contribution in [2.75, 3.05) is 20.1 Å². The number of fused-ring (bicyclic) bond motifs is 1. The highest BCUT2D eigenvalue weighted by molar-refractivity contribution is 5.95. The van der Waals surface area contributed by atoms with Gasteiger partial charge in [0.25, 0.3) is 5.91 Å². The molecule has 1 amide bonds. The quantitative estimate of drug-likeness (QED) is 0.785. The van der Waals surface area contributed by atoms with Crippen LogP contribution in [0.1, 0.15) is 22.7 Å². The largest absolute Gasteiger partial charge is 0.449 e. The van der Waals surface area contributed by atoms with Gasteiger partial charge in [-0.1, -0.05) is 0 Å². The normalized spacial score (nSPS) is 10.8. The fourth-order valence-corrected chi connectivity index (χ4v) is 1.69. The number of pyridine rings is 1. The molecule has 0 aliphatic heterocycles. The minimum Gasteiger partial charge on any atom is -0.449 e. The molecule has 2 aromatic rings. The lowest BCUT2D eigenvalue weighted by atomic mass is 10.3. The average molecular weight is 247 g/mol. The molecule has 0 unspecified atom stereocenters. The number of amides is 1. The van der Waals surface area contributed by atoms with E-state index in [0.29, 0.717) is 17.9 Å². The molecule has 0 saturated carbocycles. The molecule has 2 rings (SSSR count). The number of carbonyl (C=O) groups excluding carboxylic acids is 1. The summed E-state index contributed by atoms with van der Waals surface area (Å²) in [6.07, 6.45) is 0.889. The van der Waals surface area contributed by atoms with Crippen LogP contribution in [0.15, 0.2) is 22.6 Å². The lowest BCUT2D eigenvalue weighted by Crippen LogP contribution is -2.26. The molecule has 2 heterocycles. The predicted molar refractivity (Wildman–Crippen MR) is 69.6 cm³/mol. The van der Waals surface area contributed by atoms with Crippen molar-refractivity contribution in [3.8, 4) is 0 Å². The fraction of sp³-hybridized carbons (Fsp3) is 0.385. The zero-order valence-corrected chi connectivity index (χ0v) is 10.6. The van der Waals surface area contributed by atoms with Crippen LogP contribution in [0.25, 0.3) is 11.1 Å². The molecule has 0 spiro atoms. The summed E-state index contributed by atoms with van der Waals surface area (Å²) in [4.78, 5) is 16.1. The monoisotopic (exact) mass is 247 g/mol. The molecule has 2 aromatic heterocycles. The number of hydrogen-bond acceptors (Lipinski definition) is 4. The third-order valence-corrected chi connectivity index (χ3v) is 2.63. The number of furan rings is 1. The average Bonchev–Trinajstić information content (AvgIpc) is 2.77. The van der Waals surface area contributed by atoms with Crippen molar-refractivity contribution in [2.45, 2.75) is 13.3 Å². The highest BCUT2D eigenvalue weighted by atomic mass is 16.3. The van der Waals surface area contributed by atoms with Gasteiger partial charge in [0.15, 0.2) is 11.3 Å². The lowest BCUT2D eigenvalue weighted by molar-refractivity contribution is 0.0928. The maximum Gasteiger partial charge on any atom is 0.287 e. The first-order valence-corrected chi connectivity index (χ1v) is 6.00. The fourth-order valence-electron chi connectivity index (χ4n) is 1.69. The molecule has 18 heavy (non-hydrogen) atoms. The summed E-state index contributed by atoms with van der Waals surface area (Å²) in [7, 11) is 1.88. The van der Waals surface area contributed by atoms with Crippen LogP contribution in [-0.4, -0.2) is 31.0 Å². The molecule has 0 aliphatic rings. The summed E-state index contributed by atoms with van der Waals surface area (Å²) in [5, 5.41) is 5.83. The minimum absolute atomic E-state index is 0.193. The first kappa shape index (κ1) is 12.6. The molecule has 5 heteroatoms. The molecular formula is C13H17N3O2. The Morgan fingerprint density at radius 3 is 3.00 bits per heavy atom. The zero-order valence-electron chi connectivity index (χ0n) is 10.6. The first-order chi connectivity index (χ1) is 8.70. The number of rotatable bonds is 5. The van der Waals surface area contributed by atoms with Gasteiger partial charge in [0.2, 0.25) is 0 Å². The Bertz CT molecular complexity index is 548. The molecule has 0 aromatic carbocycles. The highest BCUT2D eigenvalue weighted by Crippen LogP contribution is 2.17. The Morgan fingerprint density at radius 1 is 1.39 bits per heavy atom. The molecule has 0 atom stereocenters. The van der Waals surface area contributed by atoms with E-state index >= 15 is 0 Å². The van der Waals surface area contributed by atoms with Gasteiger partial charge in [-0.2, -0.15) is 0 Å². The van der Waals surface area contributed by atoms with Crippen molar-refractivity contribution in [3.63, 3.8) is 0 Å². The number of aryl methyl sites for hydroxylation is 1. The summed E-state index contributed by atoms with van der Waals surface area (Å²) < 4.78 is 5.45. The lowest BCUT2D eigenvalue weighted by Gasteiger charge is -2.01. The Balaban J connectivity index is 2.04. The summed E-state index contributed by atoms with van der Waals surface area (Å²) >= 11 is 0. The van der Waals surface area contributed by atoms with Crippen LogP contribution in [0.4, 0.5) is 0 Å². The van der Waals surface area contributed by atoms with Gasteiger partial charge in [0.1, 0.15) is 5.52 Å². The van der Waals surface area contributed by atoms with Crippen LogP contribution in [0.3, 0.4) is 0 Å². The second-order valence-electron chi connectivity index (χ2n) is 4.16. The summed E-state index contributed by atoms with van der Waals surface area (Å²) in [5.74, 6) is 0.120. The van der Waals surface area contributed by atoms with Crippen LogP contribution in [0.5, 0.6) is 0 Å². The topological polar surface area (TPSA) is 67.2 Å². The molecule has 0 aliphatic carbocycles. The van der Waals surface area contributed by atoms with Gasteiger partial charge < -0.3 is 15.1 Å². The van der Waals surface area contributed by atoms with E-state index in [4.69, 9.17) is 4.42 Å². The predicted octanol–water partition coefficient (Wildman–Crippen LogP) is 1.48. The first-order valence-electron chi connectivity index (χ1n) is 6.00. The van der Waals surface area contributed by atoms with Crippen molar-refractivity contribution in [2.24, 2.45) is 0 Å². The molecule has 5 nitrogen and oxygen atoms in total. The van der Waals surface area contributed by atoms with Crippen molar-refractivity contribution in [3.05, 3.63) is 29.7 Å².